The van der Waals surface area contributed by atoms with E-state index in [4.69, 9.17) is 0 Å². The van der Waals surface area contributed by atoms with E-state index in [1.165, 1.54) is 5.56 Å². The number of hydrogen-bond acceptors (Lipinski definition) is 2. The van der Waals surface area contributed by atoms with Crippen molar-refractivity contribution in [2.45, 2.75) is 34.1 Å². The molecule has 0 radical (unpaired) electrons. The van der Waals surface area contributed by atoms with Crippen molar-refractivity contribution in [1.82, 2.24) is 10.6 Å². The maximum Gasteiger partial charge on any atom is 0.251 e. The molecule has 0 bridgehead atoms. The van der Waals surface area contributed by atoms with Gasteiger partial charge in [-0.1, -0.05) is 24.6 Å². The van der Waals surface area contributed by atoms with E-state index >= 15 is 0 Å². The number of piperidine rings is 1. The first kappa shape index (κ1) is 15.0. The van der Waals surface area contributed by atoms with Crippen LogP contribution in [0.3, 0.4) is 0 Å². The van der Waals surface area contributed by atoms with Crippen molar-refractivity contribution in [3.8, 4) is 0 Å². The smallest absolute Gasteiger partial charge is 0.251 e. The van der Waals surface area contributed by atoms with E-state index in [9.17, 15) is 4.79 Å². The minimum Gasteiger partial charge on any atom is -0.352 e. The third kappa shape index (κ3) is 3.40. The van der Waals surface area contributed by atoms with Crippen LogP contribution in [-0.4, -0.2) is 25.5 Å². The van der Waals surface area contributed by atoms with Gasteiger partial charge >= 0.3 is 0 Å². The van der Waals surface area contributed by atoms with E-state index in [2.05, 4.69) is 36.6 Å². The fourth-order valence-electron chi connectivity index (χ4n) is 3.22. The molecule has 2 unspecified atom stereocenters. The van der Waals surface area contributed by atoms with Crippen LogP contribution in [0.2, 0.25) is 0 Å². The van der Waals surface area contributed by atoms with Crippen LogP contribution in [-0.2, 0) is 0 Å². The molecule has 2 rings (SSSR count). The van der Waals surface area contributed by atoms with Crippen LogP contribution < -0.4 is 10.6 Å². The van der Waals surface area contributed by atoms with Crippen molar-refractivity contribution < 1.29 is 4.79 Å². The summed E-state index contributed by atoms with van der Waals surface area (Å²) >= 11 is 0. The van der Waals surface area contributed by atoms with E-state index in [1.807, 2.05) is 13.8 Å². The predicted molar refractivity (Wildman–Crippen MR) is 83.1 cm³/mol. The number of nitrogens with one attached hydrogen (secondary N) is 2. The second kappa shape index (κ2) is 6.40. The lowest BCUT2D eigenvalue weighted by Gasteiger charge is -2.29. The van der Waals surface area contributed by atoms with Gasteiger partial charge in [0.15, 0.2) is 0 Å². The molecule has 110 valence electrons. The number of hydrogen-bond donors (Lipinski definition) is 2. The summed E-state index contributed by atoms with van der Waals surface area (Å²) in [5.74, 6) is 1.29. The predicted octanol–water partition coefficient (Wildman–Crippen LogP) is 2.59. The summed E-state index contributed by atoms with van der Waals surface area (Å²) in [6.45, 7) is 11.3. The number of carbonyl (C=O) groups excluding carboxylic acids is 1. The number of benzene rings is 1. The molecule has 20 heavy (non-hydrogen) atoms. The average Bonchev–Trinajstić information content (AvgIpc) is 2.36. The number of aryl methyl sites for hydroxylation is 3. The number of rotatable bonds is 3. The standard InChI is InChI=1S/C17H26N2O/c1-11-7-12(2)16(13(3)8-11)17(20)19-10-15-5-6-18-9-14(15)4/h7-8,14-15,18H,5-6,9-10H2,1-4H3,(H,19,20). The second-order valence-electron chi connectivity index (χ2n) is 6.21. The summed E-state index contributed by atoms with van der Waals surface area (Å²) in [5, 5.41) is 6.53. The molecule has 3 heteroatoms. The monoisotopic (exact) mass is 274 g/mol. The summed E-state index contributed by atoms with van der Waals surface area (Å²) < 4.78 is 0. The van der Waals surface area contributed by atoms with Crippen molar-refractivity contribution in [3.63, 3.8) is 0 Å². The van der Waals surface area contributed by atoms with E-state index < -0.39 is 0 Å². The Morgan fingerprint density at radius 1 is 1.30 bits per heavy atom. The molecule has 2 atom stereocenters. The van der Waals surface area contributed by atoms with Crippen molar-refractivity contribution >= 4 is 5.91 Å². The van der Waals surface area contributed by atoms with Gasteiger partial charge in [-0.05, 0) is 63.2 Å². The first-order chi connectivity index (χ1) is 9.49. The van der Waals surface area contributed by atoms with Crippen LogP contribution in [0.5, 0.6) is 0 Å². The fourth-order valence-corrected chi connectivity index (χ4v) is 3.22. The van der Waals surface area contributed by atoms with Crippen molar-refractivity contribution in [2.24, 2.45) is 11.8 Å². The van der Waals surface area contributed by atoms with Crippen LogP contribution in [0.4, 0.5) is 0 Å². The zero-order valence-corrected chi connectivity index (χ0v) is 13.0. The Morgan fingerprint density at radius 3 is 2.55 bits per heavy atom. The largest absolute Gasteiger partial charge is 0.352 e. The molecule has 1 saturated heterocycles. The maximum atomic E-state index is 12.4. The Morgan fingerprint density at radius 2 is 1.95 bits per heavy atom. The number of carbonyl (C=O) groups is 1. The molecule has 1 aliphatic heterocycles. The first-order valence-electron chi connectivity index (χ1n) is 7.55. The highest BCUT2D eigenvalue weighted by Crippen LogP contribution is 2.19. The Hall–Kier alpha value is -1.35. The van der Waals surface area contributed by atoms with Gasteiger partial charge in [0.1, 0.15) is 0 Å². The fraction of sp³-hybridized carbons (Fsp3) is 0.588. The van der Waals surface area contributed by atoms with E-state index in [-0.39, 0.29) is 5.91 Å². The van der Waals surface area contributed by atoms with Gasteiger partial charge in [-0.2, -0.15) is 0 Å². The van der Waals surface area contributed by atoms with E-state index in [0.29, 0.717) is 11.8 Å². The first-order valence-corrected chi connectivity index (χ1v) is 7.55. The average molecular weight is 274 g/mol. The van der Waals surface area contributed by atoms with E-state index in [0.717, 1.165) is 42.7 Å². The normalized spacial score (nSPS) is 22.6. The van der Waals surface area contributed by atoms with Crippen molar-refractivity contribution in [1.29, 1.82) is 0 Å². The summed E-state index contributed by atoms with van der Waals surface area (Å²) in [6, 6.07) is 4.16. The van der Waals surface area contributed by atoms with Gasteiger partial charge in [-0.25, -0.2) is 0 Å². The molecule has 1 aromatic rings. The molecule has 0 saturated carbocycles. The molecule has 3 nitrogen and oxygen atoms in total. The minimum atomic E-state index is 0.0748. The summed E-state index contributed by atoms with van der Waals surface area (Å²) in [7, 11) is 0. The van der Waals surface area contributed by atoms with Crippen LogP contribution in [0.15, 0.2) is 12.1 Å². The Labute approximate surface area is 122 Å². The maximum absolute atomic E-state index is 12.4. The molecule has 0 spiro atoms. The zero-order valence-electron chi connectivity index (χ0n) is 13.0. The Bertz CT molecular complexity index is 473. The SMILES string of the molecule is Cc1cc(C)c(C(=O)NCC2CCNCC2C)c(C)c1. The van der Waals surface area contributed by atoms with E-state index in [1.54, 1.807) is 0 Å². The minimum absolute atomic E-state index is 0.0748. The van der Waals surface area contributed by atoms with Gasteiger partial charge in [0.25, 0.3) is 5.91 Å². The highest BCUT2D eigenvalue weighted by Gasteiger charge is 2.22. The Kier molecular flexibility index (Phi) is 4.81. The molecule has 0 aliphatic carbocycles. The highest BCUT2D eigenvalue weighted by atomic mass is 16.1. The summed E-state index contributed by atoms with van der Waals surface area (Å²) in [6.07, 6.45) is 1.15. The summed E-state index contributed by atoms with van der Waals surface area (Å²) in [4.78, 5) is 12.4. The zero-order chi connectivity index (χ0) is 14.7. The lowest BCUT2D eigenvalue weighted by molar-refractivity contribution is 0.0937. The van der Waals surface area contributed by atoms with Gasteiger partial charge in [0.05, 0.1) is 0 Å². The molecule has 1 fully saturated rings. The lowest BCUT2D eigenvalue weighted by atomic mass is 9.88. The highest BCUT2D eigenvalue weighted by molar-refractivity contribution is 5.97. The van der Waals surface area contributed by atoms with Crippen molar-refractivity contribution in [3.05, 3.63) is 34.4 Å². The van der Waals surface area contributed by atoms with Crippen LogP contribution in [0.25, 0.3) is 0 Å². The Balaban J connectivity index is 2.02. The molecule has 1 aromatic carbocycles. The lowest BCUT2D eigenvalue weighted by Crippen LogP contribution is -2.41. The molecular formula is C17H26N2O. The number of amides is 1. The molecule has 0 aromatic heterocycles. The molecular weight excluding hydrogens is 248 g/mol. The van der Waals surface area contributed by atoms with Gasteiger partial charge in [-0.15, -0.1) is 0 Å². The third-order valence-corrected chi connectivity index (χ3v) is 4.39. The van der Waals surface area contributed by atoms with Crippen LogP contribution >= 0.6 is 0 Å². The van der Waals surface area contributed by atoms with Crippen molar-refractivity contribution in [2.75, 3.05) is 19.6 Å². The van der Waals surface area contributed by atoms with Gasteiger partial charge in [0.2, 0.25) is 0 Å². The van der Waals surface area contributed by atoms with Gasteiger partial charge in [-0.3, -0.25) is 4.79 Å². The summed E-state index contributed by atoms with van der Waals surface area (Å²) in [5.41, 5.74) is 4.19. The van der Waals surface area contributed by atoms with Crippen LogP contribution in [0.1, 0.15) is 40.4 Å². The van der Waals surface area contributed by atoms with Gasteiger partial charge in [0, 0.05) is 12.1 Å². The molecule has 1 heterocycles. The van der Waals surface area contributed by atoms with Gasteiger partial charge < -0.3 is 10.6 Å². The molecule has 1 aliphatic rings. The quantitative estimate of drug-likeness (QED) is 0.889. The van der Waals surface area contributed by atoms with Crippen LogP contribution in [0, 0.1) is 32.6 Å². The third-order valence-electron chi connectivity index (χ3n) is 4.39. The molecule has 2 N–H and O–H groups in total. The topological polar surface area (TPSA) is 41.1 Å². The molecule has 1 amide bonds. The second-order valence-corrected chi connectivity index (χ2v) is 6.21.